The Hall–Kier alpha value is -0.120. The Balaban J connectivity index is 1.63. The molecule has 0 aromatic carbocycles. The normalized spacial score (nSPS) is 28.2. The second-order valence-corrected chi connectivity index (χ2v) is 7.08. The van der Waals surface area contributed by atoms with E-state index in [1.807, 2.05) is 0 Å². The molecule has 2 fully saturated rings. The van der Waals surface area contributed by atoms with Gasteiger partial charge in [-0.25, -0.2) is 0 Å². The molecule has 0 aromatic rings. The van der Waals surface area contributed by atoms with Gasteiger partial charge >= 0.3 is 0 Å². The van der Waals surface area contributed by atoms with E-state index in [1.54, 1.807) is 0 Å². The van der Waals surface area contributed by atoms with Crippen LogP contribution in [0.4, 0.5) is 0 Å². The van der Waals surface area contributed by atoms with E-state index in [9.17, 15) is 5.11 Å². The highest BCUT2D eigenvalue weighted by Gasteiger charge is 2.30. The topological polar surface area (TPSA) is 41.5 Å². The Morgan fingerprint density at radius 1 is 1.11 bits per heavy atom. The summed E-state index contributed by atoms with van der Waals surface area (Å²) in [6.07, 6.45) is 6.91. The van der Waals surface area contributed by atoms with Gasteiger partial charge in [0.15, 0.2) is 0 Å². The van der Waals surface area contributed by atoms with Crippen LogP contribution in [-0.4, -0.2) is 37.0 Å². The molecule has 0 amide bonds. The Morgan fingerprint density at radius 3 is 2.33 bits per heavy atom. The predicted molar refractivity (Wildman–Crippen MR) is 73.6 cm³/mol. The minimum atomic E-state index is -0.522. The van der Waals surface area contributed by atoms with E-state index in [-0.39, 0.29) is 0 Å². The summed E-state index contributed by atoms with van der Waals surface area (Å²) in [5.41, 5.74) is 0.0294. The summed E-state index contributed by atoms with van der Waals surface area (Å²) in [6, 6.07) is 0. The van der Waals surface area contributed by atoms with Crippen LogP contribution in [0.15, 0.2) is 0 Å². The molecule has 0 unspecified atom stereocenters. The van der Waals surface area contributed by atoms with Crippen LogP contribution in [0.2, 0.25) is 0 Å². The van der Waals surface area contributed by atoms with Crippen molar-refractivity contribution in [1.82, 2.24) is 5.32 Å². The van der Waals surface area contributed by atoms with Crippen LogP contribution in [0.1, 0.15) is 52.4 Å². The highest BCUT2D eigenvalue weighted by Crippen LogP contribution is 2.37. The summed E-state index contributed by atoms with van der Waals surface area (Å²) in [4.78, 5) is 0. The van der Waals surface area contributed by atoms with Gasteiger partial charge in [0, 0.05) is 32.6 Å². The summed E-state index contributed by atoms with van der Waals surface area (Å²) in [5.74, 6) is 0.807. The molecule has 3 nitrogen and oxygen atoms in total. The van der Waals surface area contributed by atoms with Crippen molar-refractivity contribution in [3.8, 4) is 0 Å². The molecule has 0 aromatic heterocycles. The fourth-order valence-electron chi connectivity index (χ4n) is 3.10. The van der Waals surface area contributed by atoms with Gasteiger partial charge in [0.2, 0.25) is 0 Å². The molecule has 106 valence electrons. The van der Waals surface area contributed by atoms with Crippen LogP contribution in [0.3, 0.4) is 0 Å². The molecule has 1 saturated carbocycles. The summed E-state index contributed by atoms with van der Waals surface area (Å²) in [5, 5.41) is 13.8. The molecule has 18 heavy (non-hydrogen) atoms. The zero-order valence-electron chi connectivity index (χ0n) is 12.0. The van der Waals surface area contributed by atoms with E-state index in [0.717, 1.165) is 31.8 Å². The smallest absolute Gasteiger partial charge is 0.0815 e. The largest absolute Gasteiger partial charge is 0.388 e. The highest BCUT2D eigenvalue weighted by molar-refractivity contribution is 4.85. The molecule has 0 spiro atoms. The van der Waals surface area contributed by atoms with E-state index in [2.05, 4.69) is 19.2 Å². The second kappa shape index (κ2) is 5.89. The molecule has 2 aliphatic rings. The van der Waals surface area contributed by atoms with E-state index >= 15 is 0 Å². The number of ether oxygens (including phenoxy) is 1. The van der Waals surface area contributed by atoms with Crippen molar-refractivity contribution >= 4 is 0 Å². The number of nitrogens with one attached hydrogen (secondary N) is 1. The molecular weight excluding hydrogens is 226 g/mol. The zero-order chi connectivity index (χ0) is 13.1. The fraction of sp³-hybridized carbons (Fsp3) is 1.00. The van der Waals surface area contributed by atoms with Gasteiger partial charge in [-0.3, -0.25) is 0 Å². The first kappa shape index (κ1) is 14.3. The maximum atomic E-state index is 10.3. The van der Waals surface area contributed by atoms with Crippen LogP contribution < -0.4 is 5.32 Å². The Morgan fingerprint density at radius 2 is 1.72 bits per heavy atom. The first-order valence-electron chi connectivity index (χ1n) is 7.50. The predicted octanol–water partition coefficient (Wildman–Crippen LogP) is 2.33. The van der Waals surface area contributed by atoms with Gasteiger partial charge in [0.1, 0.15) is 0 Å². The molecule has 0 atom stereocenters. The molecule has 3 heteroatoms. The monoisotopic (exact) mass is 255 g/mol. The third kappa shape index (κ3) is 4.22. The molecule has 0 bridgehead atoms. The van der Waals surface area contributed by atoms with Crippen LogP contribution in [0, 0.1) is 11.3 Å². The molecule has 1 aliphatic carbocycles. The molecular formula is C15H29NO2. The van der Waals surface area contributed by atoms with E-state index in [0.29, 0.717) is 18.6 Å². The van der Waals surface area contributed by atoms with Crippen molar-refractivity contribution in [1.29, 1.82) is 0 Å². The Kier molecular flexibility index (Phi) is 4.68. The Labute approximate surface area is 111 Å². The maximum Gasteiger partial charge on any atom is 0.0815 e. The minimum Gasteiger partial charge on any atom is -0.388 e. The van der Waals surface area contributed by atoms with Gasteiger partial charge in [0.05, 0.1) is 5.60 Å². The lowest BCUT2D eigenvalue weighted by Gasteiger charge is -2.36. The van der Waals surface area contributed by atoms with E-state index < -0.39 is 5.60 Å². The summed E-state index contributed by atoms with van der Waals surface area (Å²) >= 11 is 0. The average Bonchev–Trinajstić information content (AvgIpc) is 2.32. The molecule has 0 radical (unpaired) electrons. The number of rotatable bonds is 4. The number of hydrogen-bond donors (Lipinski definition) is 2. The summed E-state index contributed by atoms with van der Waals surface area (Å²) < 4.78 is 5.30. The Bertz CT molecular complexity index is 249. The second-order valence-electron chi connectivity index (χ2n) is 7.08. The zero-order valence-corrected chi connectivity index (χ0v) is 12.0. The lowest BCUT2D eigenvalue weighted by Crippen LogP contribution is -2.46. The summed E-state index contributed by atoms with van der Waals surface area (Å²) in [7, 11) is 0. The van der Waals surface area contributed by atoms with Crippen molar-refractivity contribution in [2.75, 3.05) is 26.3 Å². The van der Waals surface area contributed by atoms with Crippen LogP contribution in [0.25, 0.3) is 0 Å². The van der Waals surface area contributed by atoms with Gasteiger partial charge in [0.25, 0.3) is 0 Å². The van der Waals surface area contributed by atoms with Gasteiger partial charge in [-0.15, -0.1) is 0 Å². The van der Waals surface area contributed by atoms with Gasteiger partial charge in [-0.05, 0) is 43.6 Å². The van der Waals surface area contributed by atoms with Crippen LogP contribution >= 0.6 is 0 Å². The number of aliphatic hydroxyl groups is 1. The fourth-order valence-corrected chi connectivity index (χ4v) is 3.10. The molecule has 1 saturated heterocycles. The quantitative estimate of drug-likeness (QED) is 0.810. The number of hydrogen-bond acceptors (Lipinski definition) is 3. The molecule has 2 rings (SSSR count). The van der Waals surface area contributed by atoms with Gasteiger partial charge < -0.3 is 15.2 Å². The molecule has 1 heterocycles. The van der Waals surface area contributed by atoms with Crippen LogP contribution in [-0.2, 0) is 4.74 Å². The third-order valence-corrected chi connectivity index (χ3v) is 4.77. The first-order chi connectivity index (χ1) is 8.49. The van der Waals surface area contributed by atoms with Crippen molar-refractivity contribution < 1.29 is 9.84 Å². The lowest BCUT2D eigenvalue weighted by molar-refractivity contribution is -0.0620. The van der Waals surface area contributed by atoms with E-state index in [4.69, 9.17) is 4.74 Å². The van der Waals surface area contributed by atoms with Crippen molar-refractivity contribution in [2.24, 2.45) is 11.3 Å². The lowest BCUT2D eigenvalue weighted by atomic mass is 9.73. The third-order valence-electron chi connectivity index (χ3n) is 4.77. The first-order valence-corrected chi connectivity index (χ1v) is 7.50. The molecule has 1 aliphatic heterocycles. The molecule has 2 N–H and O–H groups in total. The standard InChI is InChI=1S/C15H29NO2/c1-14(2)5-3-13(4-6-14)11-16-12-15(17)7-9-18-10-8-15/h13,16-17H,3-12H2,1-2H3. The SMILES string of the molecule is CC1(C)CCC(CNCC2(O)CCOCC2)CC1. The van der Waals surface area contributed by atoms with Crippen molar-refractivity contribution in [3.05, 3.63) is 0 Å². The average molecular weight is 255 g/mol. The van der Waals surface area contributed by atoms with Crippen molar-refractivity contribution in [3.63, 3.8) is 0 Å². The highest BCUT2D eigenvalue weighted by atomic mass is 16.5. The van der Waals surface area contributed by atoms with Crippen molar-refractivity contribution in [2.45, 2.75) is 58.0 Å². The van der Waals surface area contributed by atoms with Gasteiger partial charge in [-0.2, -0.15) is 0 Å². The minimum absolute atomic E-state index is 0.522. The van der Waals surface area contributed by atoms with E-state index in [1.165, 1.54) is 25.7 Å². The summed E-state index contributed by atoms with van der Waals surface area (Å²) in [6.45, 7) is 7.96. The van der Waals surface area contributed by atoms with Gasteiger partial charge in [-0.1, -0.05) is 13.8 Å². The maximum absolute atomic E-state index is 10.3. The van der Waals surface area contributed by atoms with Crippen LogP contribution in [0.5, 0.6) is 0 Å².